The van der Waals surface area contributed by atoms with Crippen LogP contribution in [0.3, 0.4) is 0 Å². The minimum atomic E-state index is -1.18. The monoisotopic (exact) mass is 224 g/mol. The van der Waals surface area contributed by atoms with Crippen LogP contribution >= 0.6 is 0 Å². The Bertz CT molecular complexity index is 512. The van der Waals surface area contributed by atoms with E-state index in [0.29, 0.717) is 0 Å². The molecule has 16 heavy (non-hydrogen) atoms. The fraction of sp³-hybridized carbons (Fsp3) is 0. The maximum absolute atomic E-state index is 13.2. The van der Waals surface area contributed by atoms with Gasteiger partial charge in [0.25, 0.3) is 5.91 Å². The molecule has 0 saturated heterocycles. The lowest BCUT2D eigenvalue weighted by Crippen LogP contribution is -2.14. The number of halogens is 2. The van der Waals surface area contributed by atoms with Crippen LogP contribution in [-0.2, 0) is 0 Å². The van der Waals surface area contributed by atoms with Crippen molar-refractivity contribution in [3.05, 3.63) is 47.9 Å². The summed E-state index contributed by atoms with van der Waals surface area (Å²) in [5.41, 5.74) is -0.102. The number of hydrogen-bond donors (Lipinski definition) is 1. The van der Waals surface area contributed by atoms with Crippen molar-refractivity contribution >= 4 is 11.6 Å². The Balaban J connectivity index is 2.24. The second-order valence-electron chi connectivity index (χ2n) is 2.97. The van der Waals surface area contributed by atoms with E-state index in [4.69, 9.17) is 0 Å². The standard InChI is InChI=1S/C10H6F2N2O2/c11-8-3-1-2-7(9(8)12)10(15)14-6-4-13-16-5-6/h1-5H,(H,14,15). The van der Waals surface area contributed by atoms with Gasteiger partial charge in [0.2, 0.25) is 0 Å². The van der Waals surface area contributed by atoms with Gasteiger partial charge in [0.05, 0.1) is 11.8 Å². The van der Waals surface area contributed by atoms with E-state index in [1.807, 2.05) is 0 Å². The molecule has 1 amide bonds. The number of amides is 1. The van der Waals surface area contributed by atoms with E-state index in [9.17, 15) is 13.6 Å². The molecule has 6 heteroatoms. The number of nitrogens with zero attached hydrogens (tertiary/aromatic N) is 1. The van der Waals surface area contributed by atoms with Gasteiger partial charge < -0.3 is 9.84 Å². The van der Waals surface area contributed by atoms with Gasteiger partial charge in [0, 0.05) is 0 Å². The second-order valence-corrected chi connectivity index (χ2v) is 2.97. The highest BCUT2D eigenvalue weighted by molar-refractivity contribution is 6.04. The average molecular weight is 224 g/mol. The lowest BCUT2D eigenvalue weighted by Gasteiger charge is -2.03. The van der Waals surface area contributed by atoms with Gasteiger partial charge in [-0.05, 0) is 12.1 Å². The predicted octanol–water partition coefficient (Wildman–Crippen LogP) is 2.21. The van der Waals surface area contributed by atoms with Gasteiger partial charge in [0.15, 0.2) is 11.6 Å². The third-order valence-corrected chi connectivity index (χ3v) is 1.89. The van der Waals surface area contributed by atoms with Crippen LogP contribution in [0.15, 0.2) is 35.2 Å². The van der Waals surface area contributed by atoms with E-state index in [-0.39, 0.29) is 11.3 Å². The topological polar surface area (TPSA) is 55.1 Å². The Morgan fingerprint density at radius 2 is 2.19 bits per heavy atom. The fourth-order valence-corrected chi connectivity index (χ4v) is 1.14. The molecule has 0 spiro atoms. The molecule has 0 unspecified atom stereocenters. The van der Waals surface area contributed by atoms with Crippen LogP contribution in [0.5, 0.6) is 0 Å². The zero-order valence-electron chi connectivity index (χ0n) is 7.91. The highest BCUT2D eigenvalue weighted by Crippen LogP contribution is 2.13. The Morgan fingerprint density at radius 3 is 2.88 bits per heavy atom. The summed E-state index contributed by atoms with van der Waals surface area (Å²) < 4.78 is 30.5. The average Bonchev–Trinajstić information content (AvgIpc) is 2.74. The summed E-state index contributed by atoms with van der Waals surface area (Å²) in [5.74, 6) is -3.02. The first-order chi connectivity index (χ1) is 7.68. The van der Waals surface area contributed by atoms with E-state index < -0.39 is 17.5 Å². The third-order valence-electron chi connectivity index (χ3n) is 1.89. The van der Waals surface area contributed by atoms with Crippen LogP contribution in [0, 0.1) is 11.6 Å². The number of aromatic nitrogens is 1. The third kappa shape index (κ3) is 1.90. The van der Waals surface area contributed by atoms with Crippen molar-refractivity contribution in [1.82, 2.24) is 5.16 Å². The van der Waals surface area contributed by atoms with Crippen molar-refractivity contribution < 1.29 is 18.1 Å². The molecule has 4 nitrogen and oxygen atoms in total. The molecule has 0 radical (unpaired) electrons. The van der Waals surface area contributed by atoms with Gasteiger partial charge >= 0.3 is 0 Å². The summed E-state index contributed by atoms with van der Waals surface area (Å²) in [6, 6.07) is 3.37. The van der Waals surface area contributed by atoms with Crippen LogP contribution in [0.4, 0.5) is 14.5 Å². The Hall–Kier alpha value is -2.24. The maximum atomic E-state index is 13.2. The van der Waals surface area contributed by atoms with Crippen molar-refractivity contribution in [2.75, 3.05) is 5.32 Å². The van der Waals surface area contributed by atoms with Gasteiger partial charge in [0.1, 0.15) is 12.0 Å². The number of nitrogens with one attached hydrogen (secondary N) is 1. The number of carbonyl (C=O) groups excluding carboxylic acids is 1. The molecule has 0 fully saturated rings. The molecule has 0 atom stereocenters. The molecule has 0 aliphatic rings. The maximum Gasteiger partial charge on any atom is 0.258 e. The normalized spacial score (nSPS) is 10.1. The second kappa shape index (κ2) is 4.09. The van der Waals surface area contributed by atoms with Crippen LogP contribution in [0.2, 0.25) is 0 Å². The molecule has 1 aromatic heterocycles. The Morgan fingerprint density at radius 1 is 1.38 bits per heavy atom. The summed E-state index contributed by atoms with van der Waals surface area (Å²) in [4.78, 5) is 11.5. The number of carbonyl (C=O) groups is 1. The molecule has 1 aromatic carbocycles. The van der Waals surface area contributed by atoms with Gasteiger partial charge in [-0.3, -0.25) is 4.79 Å². The highest BCUT2D eigenvalue weighted by Gasteiger charge is 2.15. The van der Waals surface area contributed by atoms with Crippen molar-refractivity contribution in [3.63, 3.8) is 0 Å². The molecule has 82 valence electrons. The van der Waals surface area contributed by atoms with Gasteiger partial charge in [-0.25, -0.2) is 8.78 Å². The van der Waals surface area contributed by atoms with Crippen molar-refractivity contribution in [1.29, 1.82) is 0 Å². The molecule has 1 N–H and O–H groups in total. The SMILES string of the molecule is O=C(Nc1cnoc1)c1cccc(F)c1F. The summed E-state index contributed by atoms with van der Waals surface area (Å²) in [5, 5.41) is 5.66. The Kier molecular flexibility index (Phi) is 2.63. The van der Waals surface area contributed by atoms with Gasteiger partial charge in [-0.2, -0.15) is 0 Å². The minimum Gasteiger partial charge on any atom is -0.363 e. The van der Waals surface area contributed by atoms with E-state index in [0.717, 1.165) is 6.07 Å². The molecule has 1 heterocycles. The lowest BCUT2D eigenvalue weighted by atomic mass is 10.2. The molecular formula is C10H6F2N2O2. The highest BCUT2D eigenvalue weighted by atomic mass is 19.2. The number of benzene rings is 1. The van der Waals surface area contributed by atoms with Crippen molar-refractivity contribution in [2.45, 2.75) is 0 Å². The van der Waals surface area contributed by atoms with Crippen LogP contribution in [-0.4, -0.2) is 11.1 Å². The van der Waals surface area contributed by atoms with E-state index >= 15 is 0 Å². The number of anilines is 1. The lowest BCUT2D eigenvalue weighted by molar-refractivity contribution is 0.102. The van der Waals surface area contributed by atoms with Crippen molar-refractivity contribution in [2.24, 2.45) is 0 Å². The predicted molar refractivity (Wildman–Crippen MR) is 50.8 cm³/mol. The smallest absolute Gasteiger partial charge is 0.258 e. The molecule has 0 aliphatic carbocycles. The first-order valence-electron chi connectivity index (χ1n) is 4.33. The van der Waals surface area contributed by atoms with Crippen LogP contribution in [0.1, 0.15) is 10.4 Å². The molecule has 2 aromatic rings. The zero-order valence-corrected chi connectivity index (χ0v) is 7.91. The molecule has 0 bridgehead atoms. The Labute approximate surface area is 88.9 Å². The summed E-state index contributed by atoms with van der Waals surface area (Å²) in [7, 11) is 0. The first kappa shape index (κ1) is 10.3. The van der Waals surface area contributed by atoms with E-state index in [2.05, 4.69) is 15.0 Å². The summed E-state index contributed by atoms with van der Waals surface area (Å²) in [6.07, 6.45) is 2.42. The zero-order chi connectivity index (χ0) is 11.5. The summed E-state index contributed by atoms with van der Waals surface area (Å²) >= 11 is 0. The van der Waals surface area contributed by atoms with Crippen molar-refractivity contribution in [3.8, 4) is 0 Å². The fourth-order valence-electron chi connectivity index (χ4n) is 1.14. The first-order valence-corrected chi connectivity index (χ1v) is 4.33. The molecular weight excluding hydrogens is 218 g/mol. The molecule has 0 aliphatic heterocycles. The quantitative estimate of drug-likeness (QED) is 0.850. The van der Waals surface area contributed by atoms with Crippen LogP contribution in [0.25, 0.3) is 0 Å². The number of rotatable bonds is 2. The largest absolute Gasteiger partial charge is 0.363 e. The van der Waals surface area contributed by atoms with Gasteiger partial charge in [-0.1, -0.05) is 11.2 Å². The van der Waals surface area contributed by atoms with Gasteiger partial charge in [-0.15, -0.1) is 0 Å². The minimum absolute atomic E-state index is 0.272. The van der Waals surface area contributed by atoms with Crippen LogP contribution < -0.4 is 5.32 Å². The molecule has 0 saturated carbocycles. The number of hydrogen-bond acceptors (Lipinski definition) is 3. The van der Waals surface area contributed by atoms with E-state index in [1.54, 1.807) is 0 Å². The molecule has 2 rings (SSSR count). The van der Waals surface area contributed by atoms with E-state index in [1.165, 1.54) is 24.6 Å². The summed E-state index contributed by atoms with van der Waals surface area (Å²) in [6.45, 7) is 0.